The minimum absolute atomic E-state index is 0.179. The Balaban J connectivity index is 1.72. The molecule has 0 bridgehead atoms. The van der Waals surface area contributed by atoms with Crippen molar-refractivity contribution in [3.05, 3.63) is 17.0 Å². The second kappa shape index (κ2) is 7.47. The third-order valence-electron chi connectivity index (χ3n) is 4.83. The fraction of sp³-hybridized carbons (Fsp3) is 0.722. The molecule has 0 unspecified atom stereocenters. The number of hydrazine groups is 1. The molecule has 3 heterocycles. The highest BCUT2D eigenvalue weighted by molar-refractivity contribution is 5.94. The van der Waals surface area contributed by atoms with Crippen molar-refractivity contribution < 1.29 is 14.3 Å². The lowest BCUT2D eigenvalue weighted by molar-refractivity contribution is 0.0222. The number of rotatable bonds is 2. The maximum atomic E-state index is 12.9. The third-order valence-corrected chi connectivity index (χ3v) is 4.83. The molecule has 1 fully saturated rings. The molecule has 1 saturated heterocycles. The highest BCUT2D eigenvalue weighted by Crippen LogP contribution is 2.23. The largest absolute Gasteiger partial charge is 0.444 e. The molecular formula is C18H30N6O3. The lowest BCUT2D eigenvalue weighted by Gasteiger charge is -2.32. The van der Waals surface area contributed by atoms with E-state index in [-0.39, 0.29) is 12.0 Å². The van der Waals surface area contributed by atoms with Crippen molar-refractivity contribution in [1.82, 2.24) is 30.0 Å². The van der Waals surface area contributed by atoms with Gasteiger partial charge in [-0.1, -0.05) is 0 Å². The van der Waals surface area contributed by atoms with E-state index in [1.807, 2.05) is 25.8 Å². The van der Waals surface area contributed by atoms with Gasteiger partial charge in [-0.3, -0.25) is 14.9 Å². The van der Waals surface area contributed by atoms with Gasteiger partial charge in [-0.2, -0.15) is 5.10 Å². The molecule has 2 aliphatic rings. The molecule has 1 aromatic heterocycles. The van der Waals surface area contributed by atoms with Crippen LogP contribution in [0.2, 0.25) is 0 Å². The number of nitrogens with zero attached hydrogens (tertiary/aromatic N) is 5. The monoisotopic (exact) mass is 378 g/mol. The lowest BCUT2D eigenvalue weighted by atomic mass is 10.1. The van der Waals surface area contributed by atoms with Crippen LogP contribution in [0, 0.1) is 0 Å². The first-order valence-electron chi connectivity index (χ1n) is 9.41. The third kappa shape index (κ3) is 4.59. The Kier molecular flexibility index (Phi) is 5.43. The average molecular weight is 378 g/mol. The number of fused-ring (bicyclic) bond motifs is 1. The van der Waals surface area contributed by atoms with Crippen LogP contribution in [0.3, 0.4) is 0 Å². The SMILES string of the molecule is CN1CCN(NC(=O)c2c3c(nn2C)CCN(C(=O)OC(C)(C)C)C3)CC1. The molecule has 9 heteroatoms. The molecule has 0 spiro atoms. The van der Waals surface area contributed by atoms with Crippen molar-refractivity contribution in [3.63, 3.8) is 0 Å². The van der Waals surface area contributed by atoms with Crippen LogP contribution in [0.25, 0.3) is 0 Å². The quantitative estimate of drug-likeness (QED) is 0.812. The molecule has 0 atom stereocenters. The van der Waals surface area contributed by atoms with E-state index in [4.69, 9.17) is 4.74 Å². The van der Waals surface area contributed by atoms with Crippen molar-refractivity contribution in [2.45, 2.75) is 39.3 Å². The molecule has 2 amide bonds. The van der Waals surface area contributed by atoms with Gasteiger partial charge in [0, 0.05) is 51.8 Å². The van der Waals surface area contributed by atoms with E-state index in [2.05, 4.69) is 22.5 Å². The molecule has 1 N–H and O–H groups in total. The molecule has 2 aliphatic heterocycles. The zero-order valence-corrected chi connectivity index (χ0v) is 16.9. The zero-order valence-electron chi connectivity index (χ0n) is 16.9. The van der Waals surface area contributed by atoms with Gasteiger partial charge in [0.2, 0.25) is 0 Å². The van der Waals surface area contributed by atoms with Gasteiger partial charge in [0.25, 0.3) is 5.91 Å². The van der Waals surface area contributed by atoms with E-state index in [1.54, 1.807) is 16.6 Å². The van der Waals surface area contributed by atoms with Crippen LogP contribution in [0.15, 0.2) is 0 Å². The van der Waals surface area contributed by atoms with Gasteiger partial charge in [0.1, 0.15) is 11.3 Å². The summed E-state index contributed by atoms with van der Waals surface area (Å²) in [6, 6.07) is 0. The first-order chi connectivity index (χ1) is 12.6. The van der Waals surface area contributed by atoms with Gasteiger partial charge in [-0.15, -0.1) is 0 Å². The summed E-state index contributed by atoms with van der Waals surface area (Å²) >= 11 is 0. The topological polar surface area (TPSA) is 82.9 Å². The number of nitrogens with one attached hydrogen (secondary N) is 1. The predicted molar refractivity (Wildman–Crippen MR) is 100 cm³/mol. The minimum atomic E-state index is -0.548. The molecule has 150 valence electrons. The van der Waals surface area contributed by atoms with E-state index in [0.717, 1.165) is 37.4 Å². The highest BCUT2D eigenvalue weighted by atomic mass is 16.6. The second-order valence-electron chi connectivity index (χ2n) is 8.28. The summed E-state index contributed by atoms with van der Waals surface area (Å²) in [6.07, 6.45) is 0.256. The van der Waals surface area contributed by atoms with Crippen LogP contribution in [-0.4, -0.2) is 82.0 Å². The highest BCUT2D eigenvalue weighted by Gasteiger charge is 2.32. The Morgan fingerprint density at radius 1 is 1.07 bits per heavy atom. The number of hydrogen-bond acceptors (Lipinski definition) is 6. The van der Waals surface area contributed by atoms with Crippen LogP contribution in [0.5, 0.6) is 0 Å². The average Bonchev–Trinajstić information content (AvgIpc) is 2.90. The van der Waals surface area contributed by atoms with Crippen LogP contribution in [-0.2, 0) is 24.8 Å². The van der Waals surface area contributed by atoms with E-state index < -0.39 is 5.60 Å². The summed E-state index contributed by atoms with van der Waals surface area (Å²) in [5.41, 5.74) is 4.63. The summed E-state index contributed by atoms with van der Waals surface area (Å²) in [6.45, 7) is 9.81. The number of aromatic nitrogens is 2. The number of hydrogen-bond donors (Lipinski definition) is 1. The molecule has 3 rings (SSSR count). The molecule has 0 radical (unpaired) electrons. The number of amides is 2. The number of carbonyl (C=O) groups is 2. The van der Waals surface area contributed by atoms with Gasteiger partial charge in [0.05, 0.1) is 12.2 Å². The van der Waals surface area contributed by atoms with E-state index >= 15 is 0 Å². The summed E-state index contributed by atoms with van der Waals surface area (Å²) in [5.74, 6) is -0.179. The number of ether oxygens (including phenoxy) is 1. The summed E-state index contributed by atoms with van der Waals surface area (Å²) in [4.78, 5) is 29.2. The standard InChI is InChI=1S/C18H30N6O3/c1-18(2,3)27-17(26)23-7-6-14-13(12-23)15(22(5)19-14)16(25)20-24-10-8-21(4)9-11-24/h6-12H2,1-5H3,(H,20,25). The van der Waals surface area contributed by atoms with Gasteiger partial charge < -0.3 is 14.5 Å². The van der Waals surface area contributed by atoms with Gasteiger partial charge in [0.15, 0.2) is 0 Å². The number of likely N-dealkylation sites (N-methyl/N-ethyl adjacent to an activating group) is 1. The maximum absolute atomic E-state index is 12.9. The Hall–Kier alpha value is -2.13. The minimum Gasteiger partial charge on any atom is -0.444 e. The first-order valence-corrected chi connectivity index (χ1v) is 9.41. The summed E-state index contributed by atoms with van der Waals surface area (Å²) in [5, 5.41) is 6.44. The van der Waals surface area contributed by atoms with Crippen LogP contribution in [0.4, 0.5) is 4.79 Å². The molecule has 1 aromatic rings. The van der Waals surface area contributed by atoms with E-state index in [1.165, 1.54) is 0 Å². The number of aryl methyl sites for hydroxylation is 1. The smallest absolute Gasteiger partial charge is 0.410 e. The Bertz CT molecular complexity index is 715. The van der Waals surface area contributed by atoms with Crippen molar-refractivity contribution in [2.24, 2.45) is 7.05 Å². The van der Waals surface area contributed by atoms with Crippen LogP contribution in [0.1, 0.15) is 42.5 Å². The second-order valence-corrected chi connectivity index (χ2v) is 8.28. The zero-order chi connectivity index (χ0) is 19.8. The normalized spacial score (nSPS) is 18.9. The predicted octanol–water partition coefficient (Wildman–Crippen LogP) is 0.606. The van der Waals surface area contributed by atoms with Crippen molar-refractivity contribution in [2.75, 3.05) is 39.8 Å². The molecule has 0 aromatic carbocycles. The fourth-order valence-electron chi connectivity index (χ4n) is 3.38. The molecule has 0 saturated carbocycles. The number of carbonyl (C=O) groups excluding carboxylic acids is 2. The summed E-state index contributed by atoms with van der Waals surface area (Å²) < 4.78 is 7.10. The Morgan fingerprint density at radius 3 is 2.37 bits per heavy atom. The van der Waals surface area contributed by atoms with E-state index in [0.29, 0.717) is 25.2 Å². The van der Waals surface area contributed by atoms with Crippen molar-refractivity contribution in [3.8, 4) is 0 Å². The Morgan fingerprint density at radius 2 is 1.74 bits per heavy atom. The van der Waals surface area contributed by atoms with Crippen LogP contribution >= 0.6 is 0 Å². The van der Waals surface area contributed by atoms with Gasteiger partial charge in [-0.05, 0) is 27.8 Å². The first kappa shape index (κ1) is 19.6. The molecule has 0 aliphatic carbocycles. The van der Waals surface area contributed by atoms with Gasteiger partial charge in [-0.25, -0.2) is 9.80 Å². The van der Waals surface area contributed by atoms with Gasteiger partial charge >= 0.3 is 6.09 Å². The Labute approximate surface area is 160 Å². The summed E-state index contributed by atoms with van der Waals surface area (Å²) in [7, 11) is 3.84. The molecular weight excluding hydrogens is 348 g/mol. The fourth-order valence-corrected chi connectivity index (χ4v) is 3.38. The van der Waals surface area contributed by atoms with Crippen molar-refractivity contribution in [1.29, 1.82) is 0 Å². The maximum Gasteiger partial charge on any atom is 0.410 e. The number of piperazine rings is 1. The lowest BCUT2D eigenvalue weighted by Crippen LogP contribution is -2.53. The molecule has 9 nitrogen and oxygen atoms in total. The van der Waals surface area contributed by atoms with Crippen molar-refractivity contribution >= 4 is 12.0 Å². The van der Waals surface area contributed by atoms with E-state index in [9.17, 15) is 9.59 Å². The van der Waals surface area contributed by atoms with Crippen LogP contribution < -0.4 is 5.43 Å². The molecule has 27 heavy (non-hydrogen) atoms.